The van der Waals surface area contributed by atoms with Gasteiger partial charge in [-0.25, -0.2) is 0 Å². The van der Waals surface area contributed by atoms with Gasteiger partial charge in [0.2, 0.25) is 0 Å². The molecule has 0 aromatic carbocycles. The second-order valence-corrected chi connectivity index (χ2v) is 7.59. The Kier molecular flexibility index (Phi) is 2.67. The smallest absolute Gasteiger partial charge is 0.307 e. The van der Waals surface area contributed by atoms with Crippen molar-refractivity contribution in [1.82, 2.24) is 0 Å². The number of carboxylic acids is 2. The summed E-state index contributed by atoms with van der Waals surface area (Å²) in [5, 5.41) is 18.7. The Labute approximate surface area is 118 Å². The van der Waals surface area contributed by atoms with E-state index in [-0.39, 0.29) is 0 Å². The van der Waals surface area contributed by atoms with Gasteiger partial charge in [-0.3, -0.25) is 9.59 Å². The molecule has 4 saturated carbocycles. The molecule has 2 N–H and O–H groups in total. The van der Waals surface area contributed by atoms with E-state index in [9.17, 15) is 19.8 Å². The highest BCUT2D eigenvalue weighted by molar-refractivity contribution is 5.80. The number of fused-ring (bicyclic) bond motifs is 7. The van der Waals surface area contributed by atoms with E-state index in [2.05, 4.69) is 0 Å². The van der Waals surface area contributed by atoms with E-state index < -0.39 is 23.8 Å². The third-order valence-corrected chi connectivity index (χ3v) is 7.04. The van der Waals surface area contributed by atoms with Crippen molar-refractivity contribution in [3.8, 4) is 0 Å². The van der Waals surface area contributed by atoms with Gasteiger partial charge in [0.05, 0.1) is 11.8 Å². The van der Waals surface area contributed by atoms with Crippen molar-refractivity contribution in [2.45, 2.75) is 38.5 Å². The molecule has 0 aromatic heterocycles. The van der Waals surface area contributed by atoms with Crippen LogP contribution in [0.3, 0.4) is 0 Å². The van der Waals surface area contributed by atoms with Crippen LogP contribution in [0.5, 0.6) is 0 Å². The molecule has 8 unspecified atom stereocenters. The maximum absolute atomic E-state index is 11.4. The predicted molar refractivity (Wildman–Crippen MR) is 70.9 cm³/mol. The van der Waals surface area contributed by atoms with Crippen LogP contribution in [0.15, 0.2) is 0 Å². The Morgan fingerprint density at radius 3 is 2.00 bits per heavy atom. The van der Waals surface area contributed by atoms with E-state index in [1.54, 1.807) is 0 Å². The highest BCUT2D eigenvalue weighted by Crippen LogP contribution is 2.65. The summed E-state index contributed by atoms with van der Waals surface area (Å²) >= 11 is 0. The fourth-order valence-electron chi connectivity index (χ4n) is 6.42. The molecule has 4 rings (SSSR count). The van der Waals surface area contributed by atoms with Gasteiger partial charge in [0.1, 0.15) is 0 Å². The van der Waals surface area contributed by atoms with E-state index in [0.29, 0.717) is 24.7 Å². The first-order valence-corrected chi connectivity index (χ1v) is 8.02. The minimum Gasteiger partial charge on any atom is -0.481 e. The largest absolute Gasteiger partial charge is 0.481 e. The van der Waals surface area contributed by atoms with Crippen LogP contribution in [-0.2, 0) is 9.59 Å². The summed E-state index contributed by atoms with van der Waals surface area (Å²) in [7, 11) is 0. The molecule has 0 radical (unpaired) electrons. The summed E-state index contributed by atoms with van der Waals surface area (Å²) in [6.45, 7) is 0. The SMILES string of the molecule is O=C(O)C1CC2CC3C4CCC(C4)C3C2CC1C(=O)O. The molecule has 4 heteroatoms. The molecule has 0 amide bonds. The first-order valence-electron chi connectivity index (χ1n) is 8.02. The summed E-state index contributed by atoms with van der Waals surface area (Å²) in [5.41, 5.74) is 0. The van der Waals surface area contributed by atoms with E-state index in [4.69, 9.17) is 0 Å². The lowest BCUT2D eigenvalue weighted by Crippen LogP contribution is -2.40. The lowest BCUT2D eigenvalue weighted by Gasteiger charge is -2.38. The second kappa shape index (κ2) is 4.22. The third kappa shape index (κ3) is 1.60. The molecule has 0 heterocycles. The molecule has 0 aliphatic heterocycles. The zero-order valence-electron chi connectivity index (χ0n) is 11.6. The van der Waals surface area contributed by atoms with Crippen LogP contribution in [0.4, 0.5) is 0 Å². The lowest BCUT2D eigenvalue weighted by molar-refractivity contribution is -0.158. The molecule has 4 nitrogen and oxygen atoms in total. The van der Waals surface area contributed by atoms with E-state index in [1.807, 2.05) is 0 Å². The van der Waals surface area contributed by atoms with Crippen molar-refractivity contribution < 1.29 is 19.8 Å². The van der Waals surface area contributed by atoms with Crippen molar-refractivity contribution in [2.24, 2.45) is 47.3 Å². The summed E-state index contributed by atoms with van der Waals surface area (Å²) in [6.07, 6.45) is 6.43. The van der Waals surface area contributed by atoms with E-state index >= 15 is 0 Å². The maximum atomic E-state index is 11.4. The number of hydrogen-bond donors (Lipinski definition) is 2. The van der Waals surface area contributed by atoms with Crippen LogP contribution in [0.25, 0.3) is 0 Å². The average molecular weight is 278 g/mol. The number of carbonyl (C=O) groups is 2. The van der Waals surface area contributed by atoms with Crippen LogP contribution in [-0.4, -0.2) is 22.2 Å². The minimum absolute atomic E-state index is 0.477. The van der Waals surface area contributed by atoms with Gasteiger partial charge >= 0.3 is 11.9 Å². The quantitative estimate of drug-likeness (QED) is 0.813. The van der Waals surface area contributed by atoms with Gasteiger partial charge in [-0.15, -0.1) is 0 Å². The molecule has 20 heavy (non-hydrogen) atoms. The summed E-state index contributed by atoms with van der Waals surface area (Å²) < 4.78 is 0. The molecule has 0 aromatic rings. The molecule has 110 valence electrons. The normalized spacial score (nSPS) is 52.6. The molecule has 4 fully saturated rings. The van der Waals surface area contributed by atoms with Gasteiger partial charge in [-0.1, -0.05) is 0 Å². The molecular formula is C16H22O4. The van der Waals surface area contributed by atoms with Crippen molar-refractivity contribution in [3.63, 3.8) is 0 Å². The van der Waals surface area contributed by atoms with Crippen LogP contribution in [0.2, 0.25) is 0 Å². The van der Waals surface area contributed by atoms with E-state index in [0.717, 1.165) is 23.7 Å². The summed E-state index contributed by atoms with van der Waals surface area (Å²) in [6, 6.07) is 0. The highest BCUT2D eigenvalue weighted by Gasteiger charge is 2.59. The Morgan fingerprint density at radius 2 is 1.30 bits per heavy atom. The number of rotatable bonds is 2. The van der Waals surface area contributed by atoms with Crippen LogP contribution >= 0.6 is 0 Å². The van der Waals surface area contributed by atoms with Crippen LogP contribution in [0, 0.1) is 47.3 Å². The van der Waals surface area contributed by atoms with Crippen LogP contribution in [0.1, 0.15) is 38.5 Å². The topological polar surface area (TPSA) is 74.6 Å². The van der Waals surface area contributed by atoms with Gasteiger partial charge in [-0.05, 0) is 74.0 Å². The van der Waals surface area contributed by atoms with Crippen molar-refractivity contribution in [1.29, 1.82) is 0 Å². The Morgan fingerprint density at radius 1 is 0.700 bits per heavy atom. The molecule has 0 saturated heterocycles. The van der Waals surface area contributed by atoms with Gasteiger partial charge in [0.25, 0.3) is 0 Å². The third-order valence-electron chi connectivity index (χ3n) is 7.04. The zero-order chi connectivity index (χ0) is 14.0. The van der Waals surface area contributed by atoms with Crippen LogP contribution < -0.4 is 0 Å². The fourth-order valence-corrected chi connectivity index (χ4v) is 6.42. The molecule has 4 aliphatic rings. The minimum atomic E-state index is -0.907. The summed E-state index contributed by atoms with van der Waals surface area (Å²) in [4.78, 5) is 22.8. The monoisotopic (exact) mass is 278 g/mol. The van der Waals surface area contributed by atoms with Gasteiger partial charge in [-0.2, -0.15) is 0 Å². The number of aliphatic carboxylic acids is 2. The Balaban J connectivity index is 1.60. The zero-order valence-corrected chi connectivity index (χ0v) is 11.6. The molecule has 2 bridgehead atoms. The molecule has 4 aliphatic carbocycles. The van der Waals surface area contributed by atoms with Crippen molar-refractivity contribution in [2.75, 3.05) is 0 Å². The maximum Gasteiger partial charge on any atom is 0.307 e. The van der Waals surface area contributed by atoms with Crippen molar-refractivity contribution >= 4 is 11.9 Å². The van der Waals surface area contributed by atoms with Gasteiger partial charge < -0.3 is 10.2 Å². The Hall–Kier alpha value is -1.06. The molecule has 8 atom stereocenters. The predicted octanol–water partition coefficient (Wildman–Crippen LogP) is 2.48. The van der Waals surface area contributed by atoms with Crippen molar-refractivity contribution in [3.05, 3.63) is 0 Å². The van der Waals surface area contributed by atoms with E-state index in [1.165, 1.54) is 25.7 Å². The first-order chi connectivity index (χ1) is 9.56. The number of carboxylic acid groups (broad SMARTS) is 2. The molecular weight excluding hydrogens is 256 g/mol. The average Bonchev–Trinajstić information content (AvgIpc) is 3.07. The highest BCUT2D eigenvalue weighted by atomic mass is 16.4. The second-order valence-electron chi connectivity index (χ2n) is 7.59. The fraction of sp³-hybridized carbons (Fsp3) is 0.875. The first kappa shape index (κ1) is 12.7. The Bertz CT molecular complexity index is 459. The van der Waals surface area contributed by atoms with Gasteiger partial charge in [0.15, 0.2) is 0 Å². The molecule has 0 spiro atoms. The summed E-state index contributed by atoms with van der Waals surface area (Å²) in [5.74, 6) is 1.02. The number of hydrogen-bond acceptors (Lipinski definition) is 2. The standard InChI is InChI=1S/C16H22O4/c17-15(18)12-5-9-4-10-7-1-2-8(3-7)14(10)11(9)6-13(12)16(19)20/h7-14H,1-6H2,(H,17,18)(H,19,20). The lowest BCUT2D eigenvalue weighted by atomic mass is 9.65. The van der Waals surface area contributed by atoms with Gasteiger partial charge in [0, 0.05) is 0 Å².